The number of nitrogens with two attached hydrogens (primary N) is 1. The van der Waals surface area contributed by atoms with Gasteiger partial charge in [0, 0.05) is 28.2 Å². The molecule has 5 rings (SSSR count). The summed E-state index contributed by atoms with van der Waals surface area (Å²) in [6.07, 6.45) is 2.81. The summed E-state index contributed by atoms with van der Waals surface area (Å²) in [6.45, 7) is 14.7. The Kier molecular flexibility index (Phi) is 11.7. The maximum absolute atomic E-state index is 13.9. The van der Waals surface area contributed by atoms with Gasteiger partial charge in [0.15, 0.2) is 18.0 Å². The summed E-state index contributed by atoms with van der Waals surface area (Å²) in [5, 5.41) is 31.0. The SMILES string of the molecule is CCCC1C(c2ccccc2)=C(N=Nc2ccc(C(=O)O)cc2)c2ccc(C(=O)COc3ccc(C(C)(C)CC)cc3C(C)(C)CC)cc2C1(O)C(N)=O. The van der Waals surface area contributed by atoms with Crippen molar-refractivity contribution in [3.63, 3.8) is 0 Å². The van der Waals surface area contributed by atoms with Crippen molar-refractivity contribution < 1.29 is 29.3 Å². The van der Waals surface area contributed by atoms with Crippen molar-refractivity contribution in [2.24, 2.45) is 21.9 Å². The van der Waals surface area contributed by atoms with E-state index in [0.29, 0.717) is 41.1 Å². The zero-order valence-corrected chi connectivity index (χ0v) is 32.3. The number of ether oxygens (including phenoxy) is 1. The Morgan fingerprint density at radius 3 is 2.06 bits per heavy atom. The number of aliphatic hydroxyl groups is 1. The molecule has 2 unspecified atom stereocenters. The van der Waals surface area contributed by atoms with Gasteiger partial charge in [0.2, 0.25) is 0 Å². The lowest BCUT2D eigenvalue weighted by atomic mass is 9.66. The van der Waals surface area contributed by atoms with Gasteiger partial charge in [0.05, 0.1) is 16.9 Å². The van der Waals surface area contributed by atoms with Crippen LogP contribution in [0.3, 0.4) is 0 Å². The number of rotatable bonds is 15. The summed E-state index contributed by atoms with van der Waals surface area (Å²) in [5.74, 6) is -2.54. The van der Waals surface area contributed by atoms with Crippen LogP contribution in [0.1, 0.15) is 123 Å². The highest BCUT2D eigenvalue weighted by atomic mass is 16.5. The molecule has 1 aliphatic rings. The van der Waals surface area contributed by atoms with Gasteiger partial charge in [-0.1, -0.05) is 109 Å². The fourth-order valence-corrected chi connectivity index (χ4v) is 6.96. The predicted octanol–water partition coefficient (Wildman–Crippen LogP) is 9.78. The minimum Gasteiger partial charge on any atom is -0.485 e. The molecule has 0 fully saturated rings. The Bertz CT molecular complexity index is 2100. The highest BCUT2D eigenvalue weighted by Gasteiger charge is 2.51. The Balaban J connectivity index is 1.61. The molecule has 9 heteroatoms. The topological polar surface area (TPSA) is 152 Å². The lowest BCUT2D eigenvalue weighted by Gasteiger charge is -2.41. The van der Waals surface area contributed by atoms with Crippen molar-refractivity contribution >= 4 is 34.6 Å². The Hall–Kier alpha value is -5.41. The van der Waals surface area contributed by atoms with E-state index in [9.17, 15) is 24.6 Å². The van der Waals surface area contributed by atoms with Crippen LogP contribution in [0, 0.1) is 5.92 Å². The number of carbonyl (C=O) groups is 3. The van der Waals surface area contributed by atoms with Crippen molar-refractivity contribution in [1.82, 2.24) is 0 Å². The van der Waals surface area contributed by atoms with Crippen LogP contribution >= 0.6 is 0 Å². The summed E-state index contributed by atoms with van der Waals surface area (Å²) >= 11 is 0. The zero-order valence-electron chi connectivity index (χ0n) is 32.3. The smallest absolute Gasteiger partial charge is 0.335 e. The van der Waals surface area contributed by atoms with Crippen molar-refractivity contribution in [1.29, 1.82) is 0 Å². The standard InChI is InChI=1S/C45H51N3O6/c1-8-14-34-39(28-15-12-11-13-16-28)40(48-47-32-21-17-29(18-22-32)41(50)51)33-23-19-30(25-35(33)45(34,53)42(46)52)37(49)27-54-38-24-20-31(43(4,5)9-2)26-36(38)44(6,7)10-3/h11-13,15-26,34,53H,8-10,14,27H2,1-7H3,(H2,46,52)(H,50,51). The van der Waals surface area contributed by atoms with Gasteiger partial charge in [-0.05, 0) is 83.2 Å². The van der Waals surface area contributed by atoms with Crippen LogP contribution in [-0.2, 0) is 21.2 Å². The second kappa shape index (κ2) is 15.9. The first-order chi connectivity index (χ1) is 25.6. The van der Waals surface area contributed by atoms with Crippen molar-refractivity contribution in [3.05, 3.63) is 130 Å². The molecule has 1 aliphatic carbocycles. The monoisotopic (exact) mass is 729 g/mol. The molecular formula is C45H51N3O6. The van der Waals surface area contributed by atoms with E-state index in [1.807, 2.05) is 43.3 Å². The number of carboxylic acids is 1. The number of hydrogen-bond donors (Lipinski definition) is 3. The van der Waals surface area contributed by atoms with Gasteiger partial charge in [-0.3, -0.25) is 9.59 Å². The summed E-state index contributed by atoms with van der Waals surface area (Å²) in [7, 11) is 0. The van der Waals surface area contributed by atoms with Crippen molar-refractivity contribution in [2.75, 3.05) is 6.61 Å². The molecule has 4 aromatic rings. The minimum atomic E-state index is -2.18. The maximum Gasteiger partial charge on any atom is 0.335 e. The Morgan fingerprint density at radius 1 is 0.815 bits per heavy atom. The fraction of sp³-hybridized carbons (Fsp3) is 0.356. The Labute approximate surface area is 318 Å². The number of carboxylic acid groups (broad SMARTS) is 1. The fourth-order valence-electron chi connectivity index (χ4n) is 6.96. The van der Waals surface area contributed by atoms with E-state index in [-0.39, 0.29) is 39.9 Å². The molecular weight excluding hydrogens is 679 g/mol. The van der Waals surface area contributed by atoms with Crippen LogP contribution in [0.5, 0.6) is 5.75 Å². The normalized spacial score (nSPS) is 17.4. The van der Waals surface area contributed by atoms with Gasteiger partial charge in [-0.15, -0.1) is 5.11 Å². The molecule has 4 aromatic carbocycles. The van der Waals surface area contributed by atoms with Crippen LogP contribution in [0.4, 0.5) is 5.69 Å². The number of ketones is 1. The predicted molar refractivity (Wildman–Crippen MR) is 212 cm³/mol. The molecule has 0 bridgehead atoms. The number of benzene rings is 4. The van der Waals surface area contributed by atoms with E-state index < -0.39 is 23.4 Å². The molecule has 0 saturated carbocycles. The molecule has 9 nitrogen and oxygen atoms in total. The quantitative estimate of drug-likeness (QED) is 0.0818. The van der Waals surface area contributed by atoms with Gasteiger partial charge in [0.1, 0.15) is 5.75 Å². The van der Waals surface area contributed by atoms with E-state index >= 15 is 0 Å². The van der Waals surface area contributed by atoms with Crippen LogP contribution in [0.15, 0.2) is 101 Å². The van der Waals surface area contributed by atoms with Crippen molar-refractivity contribution in [3.8, 4) is 5.75 Å². The zero-order chi connectivity index (χ0) is 39.4. The lowest BCUT2D eigenvalue weighted by molar-refractivity contribution is -0.141. The van der Waals surface area contributed by atoms with Crippen molar-refractivity contribution in [2.45, 2.75) is 90.6 Å². The van der Waals surface area contributed by atoms with Crippen LogP contribution in [0.25, 0.3) is 11.3 Å². The first-order valence-electron chi connectivity index (χ1n) is 18.6. The largest absolute Gasteiger partial charge is 0.485 e. The minimum absolute atomic E-state index is 0.0267. The average molecular weight is 730 g/mol. The Morgan fingerprint density at radius 2 is 1.46 bits per heavy atom. The summed E-state index contributed by atoms with van der Waals surface area (Å²) < 4.78 is 6.27. The van der Waals surface area contributed by atoms with Crippen LogP contribution < -0.4 is 10.5 Å². The third-order valence-corrected chi connectivity index (χ3v) is 11.1. The molecule has 54 heavy (non-hydrogen) atoms. The molecule has 4 N–H and O–H groups in total. The van der Waals surface area contributed by atoms with E-state index in [1.165, 1.54) is 23.8 Å². The van der Waals surface area contributed by atoms with Gasteiger partial charge < -0.3 is 20.7 Å². The number of primary amides is 1. The summed E-state index contributed by atoms with van der Waals surface area (Å²) in [5.41, 5.74) is 8.93. The van der Waals surface area contributed by atoms with E-state index in [0.717, 1.165) is 24.0 Å². The first kappa shape index (κ1) is 39.8. The molecule has 282 valence electrons. The molecule has 0 aromatic heterocycles. The van der Waals surface area contributed by atoms with E-state index in [1.54, 1.807) is 24.3 Å². The molecule has 0 aliphatic heterocycles. The molecule has 0 heterocycles. The third kappa shape index (κ3) is 7.78. The van der Waals surface area contributed by atoms with Crippen LogP contribution in [0.2, 0.25) is 0 Å². The van der Waals surface area contributed by atoms with Gasteiger partial charge in [0.25, 0.3) is 5.91 Å². The maximum atomic E-state index is 13.9. The number of carbonyl (C=O) groups excluding carboxylic acids is 2. The van der Waals surface area contributed by atoms with E-state index in [4.69, 9.17) is 15.6 Å². The van der Waals surface area contributed by atoms with Gasteiger partial charge in [-0.25, -0.2) is 4.79 Å². The summed E-state index contributed by atoms with van der Waals surface area (Å²) in [6, 6.07) is 26.3. The molecule has 1 amide bonds. The lowest BCUT2D eigenvalue weighted by Crippen LogP contribution is -2.50. The summed E-state index contributed by atoms with van der Waals surface area (Å²) in [4.78, 5) is 38.8. The number of azo groups is 1. The average Bonchev–Trinajstić information content (AvgIpc) is 3.17. The number of aromatic carboxylic acids is 1. The first-order valence-corrected chi connectivity index (χ1v) is 18.6. The van der Waals surface area contributed by atoms with Crippen LogP contribution in [-0.4, -0.2) is 34.5 Å². The second-order valence-electron chi connectivity index (χ2n) is 15.3. The molecule has 0 radical (unpaired) electrons. The third-order valence-electron chi connectivity index (χ3n) is 11.1. The van der Waals surface area contributed by atoms with Gasteiger partial charge in [-0.2, -0.15) is 5.11 Å². The molecule has 0 saturated heterocycles. The second-order valence-corrected chi connectivity index (χ2v) is 15.3. The molecule has 0 spiro atoms. The number of fused-ring (bicyclic) bond motifs is 1. The number of nitrogens with zero attached hydrogens (tertiary/aromatic N) is 2. The number of hydrogen-bond acceptors (Lipinski definition) is 7. The van der Waals surface area contributed by atoms with Gasteiger partial charge >= 0.3 is 5.97 Å². The highest BCUT2D eigenvalue weighted by Crippen LogP contribution is 2.52. The number of amides is 1. The molecule has 2 atom stereocenters. The van der Waals surface area contributed by atoms with E-state index in [2.05, 4.69) is 58.8 Å². The number of Topliss-reactive ketones (excluding diaryl/α,β-unsaturated/α-hetero) is 1. The highest BCUT2D eigenvalue weighted by molar-refractivity contribution is 6.03.